The average Bonchev–Trinajstić information content (AvgIpc) is 2.71. The van der Waals surface area contributed by atoms with Gasteiger partial charge in [0.05, 0.1) is 19.1 Å². The van der Waals surface area contributed by atoms with Crippen LogP contribution in [0.15, 0.2) is 35.1 Å². The third-order valence-corrected chi connectivity index (χ3v) is 6.16. The molecule has 0 fully saturated rings. The largest absolute Gasteiger partial charge is 0.497 e. The van der Waals surface area contributed by atoms with E-state index in [1.165, 1.54) is 11.3 Å². The molecular formula is C21H26N2O3S. The van der Waals surface area contributed by atoms with Crippen LogP contribution in [0.25, 0.3) is 20.2 Å². The molecule has 0 saturated heterocycles. The SMILES string of the molecule is CCN(CC)CCNc1ccc(CO)c2sc3ccc(OC)cc3c(=O)c12. The van der Waals surface area contributed by atoms with Crippen molar-refractivity contribution in [1.82, 2.24) is 4.90 Å². The minimum atomic E-state index is -0.0895. The van der Waals surface area contributed by atoms with E-state index in [-0.39, 0.29) is 12.0 Å². The van der Waals surface area contributed by atoms with Crippen LogP contribution in [0.1, 0.15) is 19.4 Å². The Balaban J connectivity index is 2.11. The van der Waals surface area contributed by atoms with Crippen molar-refractivity contribution in [2.24, 2.45) is 0 Å². The molecular weight excluding hydrogens is 360 g/mol. The lowest BCUT2D eigenvalue weighted by atomic mass is 10.1. The second kappa shape index (κ2) is 8.69. The zero-order valence-corrected chi connectivity index (χ0v) is 16.9. The molecule has 0 unspecified atom stereocenters. The fourth-order valence-electron chi connectivity index (χ4n) is 3.28. The van der Waals surface area contributed by atoms with Crippen LogP contribution in [0.3, 0.4) is 0 Å². The van der Waals surface area contributed by atoms with Gasteiger partial charge in [-0.1, -0.05) is 19.9 Å². The van der Waals surface area contributed by atoms with Crippen LogP contribution >= 0.6 is 11.3 Å². The Kier molecular flexibility index (Phi) is 6.31. The number of fused-ring (bicyclic) bond motifs is 2. The first-order chi connectivity index (χ1) is 13.1. The van der Waals surface area contributed by atoms with Crippen molar-refractivity contribution < 1.29 is 9.84 Å². The fraction of sp³-hybridized carbons (Fsp3) is 0.381. The standard InChI is InChI=1S/C21H26N2O3S/c1-4-23(5-2)11-10-22-17-8-6-14(13-24)21-19(17)20(25)16-12-15(26-3)7-9-18(16)27-21/h6-9,12,22,24H,4-5,10-11,13H2,1-3H3. The van der Waals surface area contributed by atoms with E-state index < -0.39 is 0 Å². The normalized spacial score (nSPS) is 11.4. The van der Waals surface area contributed by atoms with Crippen LogP contribution in [0, 0.1) is 0 Å². The first-order valence-corrected chi connectivity index (χ1v) is 10.1. The number of likely N-dealkylation sites (N-methyl/N-ethyl adjacent to an activating group) is 1. The van der Waals surface area contributed by atoms with Crippen LogP contribution in [-0.4, -0.2) is 43.3 Å². The van der Waals surface area contributed by atoms with Gasteiger partial charge in [0.15, 0.2) is 5.43 Å². The molecule has 3 aromatic rings. The number of aliphatic hydroxyl groups excluding tert-OH is 1. The van der Waals surface area contributed by atoms with Crippen LogP contribution in [-0.2, 0) is 6.61 Å². The summed E-state index contributed by atoms with van der Waals surface area (Å²) in [5.41, 5.74) is 1.57. The summed E-state index contributed by atoms with van der Waals surface area (Å²) in [5, 5.41) is 14.5. The molecule has 1 heterocycles. The van der Waals surface area contributed by atoms with E-state index in [1.54, 1.807) is 13.2 Å². The highest BCUT2D eigenvalue weighted by Gasteiger charge is 2.14. The summed E-state index contributed by atoms with van der Waals surface area (Å²) >= 11 is 1.53. The van der Waals surface area contributed by atoms with E-state index in [9.17, 15) is 9.90 Å². The summed E-state index contributed by atoms with van der Waals surface area (Å²) in [7, 11) is 1.60. The second-order valence-corrected chi connectivity index (χ2v) is 7.43. The average molecular weight is 387 g/mol. The smallest absolute Gasteiger partial charge is 0.198 e. The number of rotatable bonds is 8. The minimum Gasteiger partial charge on any atom is -0.497 e. The molecule has 0 aliphatic rings. The third kappa shape index (κ3) is 3.93. The van der Waals surface area contributed by atoms with E-state index in [0.29, 0.717) is 16.5 Å². The topological polar surface area (TPSA) is 61.8 Å². The highest BCUT2D eigenvalue weighted by Crippen LogP contribution is 2.33. The Morgan fingerprint density at radius 3 is 2.63 bits per heavy atom. The summed E-state index contributed by atoms with van der Waals surface area (Å²) in [6.45, 7) is 7.87. The second-order valence-electron chi connectivity index (χ2n) is 6.38. The highest BCUT2D eigenvalue weighted by atomic mass is 32.1. The van der Waals surface area contributed by atoms with Crippen molar-refractivity contribution >= 4 is 37.2 Å². The lowest BCUT2D eigenvalue weighted by Crippen LogP contribution is -2.28. The van der Waals surface area contributed by atoms with E-state index in [4.69, 9.17) is 4.74 Å². The molecule has 0 aliphatic heterocycles. The van der Waals surface area contributed by atoms with Crippen molar-refractivity contribution in [2.45, 2.75) is 20.5 Å². The minimum absolute atomic E-state index is 0.0294. The quantitative estimate of drug-likeness (QED) is 0.579. The molecule has 27 heavy (non-hydrogen) atoms. The van der Waals surface area contributed by atoms with Crippen molar-refractivity contribution in [3.8, 4) is 5.75 Å². The van der Waals surface area contributed by atoms with Gasteiger partial charge < -0.3 is 20.1 Å². The Labute approximate surface area is 163 Å². The van der Waals surface area contributed by atoms with Crippen molar-refractivity contribution in [3.05, 3.63) is 46.1 Å². The van der Waals surface area contributed by atoms with Crippen LogP contribution in [0.4, 0.5) is 5.69 Å². The van der Waals surface area contributed by atoms with Gasteiger partial charge >= 0.3 is 0 Å². The lowest BCUT2D eigenvalue weighted by Gasteiger charge is -2.19. The predicted octanol–water partition coefficient (Wildman–Crippen LogP) is 3.67. The molecule has 0 bridgehead atoms. The molecule has 2 N–H and O–H groups in total. The van der Waals surface area contributed by atoms with Crippen molar-refractivity contribution in [1.29, 1.82) is 0 Å². The number of hydrogen-bond donors (Lipinski definition) is 2. The molecule has 0 radical (unpaired) electrons. The van der Waals surface area contributed by atoms with Crippen LogP contribution < -0.4 is 15.5 Å². The number of anilines is 1. The third-order valence-electron chi connectivity index (χ3n) is 4.92. The zero-order chi connectivity index (χ0) is 19.4. The van der Waals surface area contributed by atoms with Gasteiger partial charge in [0.1, 0.15) is 5.75 Å². The molecule has 5 nitrogen and oxygen atoms in total. The first kappa shape index (κ1) is 19.6. The predicted molar refractivity (Wildman–Crippen MR) is 114 cm³/mol. The lowest BCUT2D eigenvalue weighted by molar-refractivity contribution is 0.283. The van der Waals surface area contributed by atoms with Crippen molar-refractivity contribution in [3.63, 3.8) is 0 Å². The summed E-state index contributed by atoms with van der Waals surface area (Å²) < 4.78 is 7.02. The van der Waals surface area contributed by atoms with Gasteiger partial charge in [-0.3, -0.25) is 4.79 Å². The summed E-state index contributed by atoms with van der Waals surface area (Å²) in [5.74, 6) is 0.667. The Morgan fingerprint density at radius 1 is 1.19 bits per heavy atom. The molecule has 144 valence electrons. The van der Waals surface area contributed by atoms with Crippen LogP contribution in [0.5, 0.6) is 5.75 Å². The van der Waals surface area contributed by atoms with Crippen LogP contribution in [0.2, 0.25) is 0 Å². The molecule has 3 rings (SSSR count). The number of nitrogens with one attached hydrogen (secondary N) is 1. The summed E-state index contributed by atoms with van der Waals surface area (Å²) in [6, 6.07) is 9.35. The van der Waals surface area contributed by atoms with Gasteiger partial charge in [0.2, 0.25) is 0 Å². The maximum Gasteiger partial charge on any atom is 0.198 e. The fourth-order valence-corrected chi connectivity index (χ4v) is 4.46. The van der Waals surface area contributed by atoms with E-state index >= 15 is 0 Å². The molecule has 1 aromatic heterocycles. The Bertz CT molecular complexity index is 996. The molecule has 0 amide bonds. The van der Waals surface area contributed by atoms with Gasteiger partial charge in [-0.25, -0.2) is 0 Å². The molecule has 2 aromatic carbocycles. The molecule has 0 aliphatic carbocycles. The van der Waals surface area contributed by atoms with Gasteiger partial charge in [0, 0.05) is 33.6 Å². The van der Waals surface area contributed by atoms with E-state index in [2.05, 4.69) is 24.1 Å². The number of hydrogen-bond acceptors (Lipinski definition) is 6. The summed E-state index contributed by atoms with van der Waals surface area (Å²) in [6.07, 6.45) is 0. The first-order valence-electron chi connectivity index (χ1n) is 9.26. The zero-order valence-electron chi connectivity index (χ0n) is 16.0. The van der Waals surface area contributed by atoms with Gasteiger partial charge in [-0.05, 0) is 42.9 Å². The summed E-state index contributed by atoms with van der Waals surface area (Å²) in [4.78, 5) is 15.6. The molecule has 6 heteroatoms. The number of benzene rings is 2. The van der Waals surface area contributed by atoms with Crippen molar-refractivity contribution in [2.75, 3.05) is 38.6 Å². The van der Waals surface area contributed by atoms with E-state index in [0.717, 1.165) is 46.8 Å². The highest BCUT2D eigenvalue weighted by molar-refractivity contribution is 7.24. The van der Waals surface area contributed by atoms with Gasteiger partial charge in [-0.15, -0.1) is 11.3 Å². The monoisotopic (exact) mass is 386 g/mol. The molecule has 0 atom stereocenters. The Morgan fingerprint density at radius 2 is 1.96 bits per heavy atom. The Hall–Kier alpha value is -2.15. The number of ether oxygens (including phenoxy) is 1. The maximum absolute atomic E-state index is 13.3. The molecule has 0 saturated carbocycles. The number of nitrogens with zero attached hydrogens (tertiary/aromatic N) is 1. The number of methoxy groups -OCH3 is 1. The van der Waals surface area contributed by atoms with Gasteiger partial charge in [0.25, 0.3) is 0 Å². The molecule has 0 spiro atoms. The maximum atomic E-state index is 13.3. The number of aliphatic hydroxyl groups is 1. The van der Waals surface area contributed by atoms with E-state index in [1.807, 2.05) is 24.3 Å². The van der Waals surface area contributed by atoms with Gasteiger partial charge in [-0.2, -0.15) is 0 Å².